The molecule has 0 aromatic carbocycles. The van der Waals surface area contributed by atoms with E-state index in [2.05, 4.69) is 22.1 Å². The van der Waals surface area contributed by atoms with Gasteiger partial charge >= 0.3 is 6.09 Å². The Morgan fingerprint density at radius 3 is 2.78 bits per heavy atom. The number of aliphatic hydroxyl groups is 1. The number of rotatable bonds is 2. The summed E-state index contributed by atoms with van der Waals surface area (Å²) in [5, 5.41) is 13.9. The molecule has 8 heteroatoms. The molecule has 1 saturated heterocycles. The lowest BCUT2D eigenvalue weighted by Gasteiger charge is -2.41. The Bertz CT molecular complexity index is 566. The lowest BCUT2D eigenvalue weighted by Crippen LogP contribution is -2.58. The van der Waals surface area contributed by atoms with Crippen molar-refractivity contribution in [1.29, 1.82) is 0 Å². The molecule has 2 heterocycles. The molecule has 156 valence electrons. The van der Waals surface area contributed by atoms with Gasteiger partial charge in [0.25, 0.3) is 0 Å². The standard InChI is InChI=1S/C19H34N4O3.HI/c1-18(2,3)26-17(25)22-9-10-23-14(12-22)11-20-16(23)21-13-19(4)8-6-5-7-15(19)24;/h14-15,24H,5-13H2,1-4H3,(H,20,21);1H. The molecule has 2 fully saturated rings. The smallest absolute Gasteiger partial charge is 0.410 e. The van der Waals surface area contributed by atoms with Crippen LogP contribution in [0.3, 0.4) is 0 Å². The minimum absolute atomic E-state index is 0. The van der Waals surface area contributed by atoms with Gasteiger partial charge in [-0.15, -0.1) is 24.0 Å². The van der Waals surface area contributed by atoms with Crippen molar-refractivity contribution in [2.75, 3.05) is 32.7 Å². The van der Waals surface area contributed by atoms with Crippen LogP contribution in [0.25, 0.3) is 0 Å². The average molecular weight is 494 g/mol. The van der Waals surface area contributed by atoms with Gasteiger partial charge in [-0.3, -0.25) is 4.99 Å². The predicted octanol–water partition coefficient (Wildman–Crippen LogP) is 2.43. The van der Waals surface area contributed by atoms with Crippen LogP contribution in [0.4, 0.5) is 4.79 Å². The Morgan fingerprint density at radius 1 is 1.37 bits per heavy atom. The molecule has 0 radical (unpaired) electrons. The van der Waals surface area contributed by atoms with Crippen molar-refractivity contribution in [3.05, 3.63) is 0 Å². The number of nitrogens with zero attached hydrogens (tertiary/aromatic N) is 3. The number of carbonyl (C=O) groups excluding carboxylic acids is 1. The fraction of sp³-hybridized carbons (Fsp3) is 0.895. The largest absolute Gasteiger partial charge is 0.444 e. The van der Waals surface area contributed by atoms with E-state index >= 15 is 0 Å². The van der Waals surface area contributed by atoms with Gasteiger partial charge in [0.05, 0.1) is 18.7 Å². The van der Waals surface area contributed by atoms with Crippen molar-refractivity contribution in [2.24, 2.45) is 10.4 Å². The summed E-state index contributed by atoms with van der Waals surface area (Å²) in [6.07, 6.45) is 3.75. The maximum atomic E-state index is 12.3. The van der Waals surface area contributed by atoms with E-state index in [9.17, 15) is 9.90 Å². The first-order valence-electron chi connectivity index (χ1n) is 9.89. The second-order valence-corrected chi connectivity index (χ2v) is 9.21. The quantitative estimate of drug-likeness (QED) is 0.577. The molecular formula is C19H35IN4O3. The van der Waals surface area contributed by atoms with E-state index in [-0.39, 0.29) is 47.6 Å². The van der Waals surface area contributed by atoms with Crippen LogP contribution in [0.1, 0.15) is 53.4 Å². The molecule has 0 bridgehead atoms. The number of hydrogen-bond acceptors (Lipinski definition) is 6. The SMILES string of the molecule is CC(C)(C)OC(=O)N1CCN2C(NCC3(C)CCCCC3O)=NCC2C1.I. The molecule has 27 heavy (non-hydrogen) atoms. The van der Waals surface area contributed by atoms with Gasteiger partial charge in [-0.1, -0.05) is 19.8 Å². The lowest BCUT2D eigenvalue weighted by atomic mass is 9.73. The number of amides is 1. The van der Waals surface area contributed by atoms with Crippen molar-refractivity contribution in [3.63, 3.8) is 0 Å². The van der Waals surface area contributed by atoms with E-state index in [0.29, 0.717) is 19.6 Å². The number of nitrogens with one attached hydrogen (secondary N) is 1. The first kappa shape index (κ1) is 22.5. The van der Waals surface area contributed by atoms with E-state index in [1.165, 1.54) is 6.42 Å². The summed E-state index contributed by atoms with van der Waals surface area (Å²) in [6, 6.07) is 0.211. The third kappa shape index (κ3) is 5.40. The Hall–Kier alpha value is -0.770. The van der Waals surface area contributed by atoms with Crippen LogP contribution >= 0.6 is 24.0 Å². The monoisotopic (exact) mass is 494 g/mol. The zero-order valence-electron chi connectivity index (χ0n) is 17.0. The highest BCUT2D eigenvalue weighted by Crippen LogP contribution is 2.35. The highest BCUT2D eigenvalue weighted by atomic mass is 127. The molecule has 0 aromatic rings. The zero-order chi connectivity index (χ0) is 18.9. The van der Waals surface area contributed by atoms with Gasteiger partial charge in [-0.2, -0.15) is 0 Å². The van der Waals surface area contributed by atoms with Gasteiger partial charge in [-0.05, 0) is 33.6 Å². The number of carbonyl (C=O) groups is 1. The van der Waals surface area contributed by atoms with Crippen molar-refractivity contribution >= 4 is 36.0 Å². The van der Waals surface area contributed by atoms with Gasteiger partial charge < -0.3 is 25.0 Å². The van der Waals surface area contributed by atoms with E-state index in [4.69, 9.17) is 4.74 Å². The normalized spacial score (nSPS) is 30.9. The number of piperazine rings is 1. The van der Waals surface area contributed by atoms with Crippen molar-refractivity contribution in [2.45, 2.75) is 71.1 Å². The Morgan fingerprint density at radius 2 is 2.11 bits per heavy atom. The summed E-state index contributed by atoms with van der Waals surface area (Å²) in [7, 11) is 0. The van der Waals surface area contributed by atoms with Crippen LogP contribution in [0.5, 0.6) is 0 Å². The van der Waals surface area contributed by atoms with Crippen LogP contribution in [-0.2, 0) is 4.74 Å². The predicted molar refractivity (Wildman–Crippen MR) is 117 cm³/mol. The van der Waals surface area contributed by atoms with Crippen LogP contribution < -0.4 is 5.32 Å². The second kappa shape index (κ2) is 8.71. The molecule has 1 amide bonds. The van der Waals surface area contributed by atoms with E-state index < -0.39 is 5.60 Å². The van der Waals surface area contributed by atoms with Gasteiger partial charge in [0.1, 0.15) is 5.60 Å². The first-order valence-corrected chi connectivity index (χ1v) is 9.89. The second-order valence-electron chi connectivity index (χ2n) is 9.21. The topological polar surface area (TPSA) is 77.4 Å². The molecule has 0 spiro atoms. The van der Waals surface area contributed by atoms with Crippen molar-refractivity contribution < 1.29 is 14.6 Å². The maximum Gasteiger partial charge on any atom is 0.410 e. The average Bonchev–Trinajstić information content (AvgIpc) is 2.97. The van der Waals surface area contributed by atoms with E-state index in [0.717, 1.165) is 38.3 Å². The van der Waals surface area contributed by atoms with Crippen molar-refractivity contribution in [3.8, 4) is 0 Å². The minimum Gasteiger partial charge on any atom is -0.444 e. The molecule has 3 rings (SSSR count). The summed E-state index contributed by atoms with van der Waals surface area (Å²) in [4.78, 5) is 21.0. The van der Waals surface area contributed by atoms with Crippen LogP contribution in [-0.4, -0.2) is 77.4 Å². The van der Waals surface area contributed by atoms with Gasteiger partial charge in [0, 0.05) is 31.6 Å². The number of fused-ring (bicyclic) bond motifs is 1. The number of halogens is 1. The molecule has 1 aliphatic carbocycles. The number of aliphatic imine (C=N–C) groups is 1. The molecule has 0 aromatic heterocycles. The number of hydrogen-bond donors (Lipinski definition) is 2. The molecule has 3 aliphatic rings. The van der Waals surface area contributed by atoms with Gasteiger partial charge in [-0.25, -0.2) is 4.79 Å². The highest BCUT2D eigenvalue weighted by molar-refractivity contribution is 14.0. The summed E-state index contributed by atoms with van der Waals surface area (Å²) in [5.41, 5.74) is -0.555. The molecule has 1 saturated carbocycles. The third-order valence-corrected chi connectivity index (χ3v) is 5.79. The number of ether oxygens (including phenoxy) is 1. The fourth-order valence-corrected chi connectivity index (χ4v) is 4.09. The van der Waals surface area contributed by atoms with E-state index in [1.54, 1.807) is 4.90 Å². The van der Waals surface area contributed by atoms with Gasteiger partial charge in [0.2, 0.25) is 0 Å². The molecule has 3 atom stereocenters. The van der Waals surface area contributed by atoms with Crippen molar-refractivity contribution in [1.82, 2.24) is 15.1 Å². The minimum atomic E-state index is -0.469. The summed E-state index contributed by atoms with van der Waals surface area (Å²) < 4.78 is 5.49. The zero-order valence-corrected chi connectivity index (χ0v) is 19.4. The number of guanidine groups is 1. The first-order chi connectivity index (χ1) is 12.2. The van der Waals surface area contributed by atoms with Gasteiger partial charge in [0.15, 0.2) is 5.96 Å². The molecule has 7 nitrogen and oxygen atoms in total. The molecule has 2 N–H and O–H groups in total. The lowest BCUT2D eigenvalue weighted by molar-refractivity contribution is 0.00281. The molecule has 2 aliphatic heterocycles. The van der Waals surface area contributed by atoms with Crippen LogP contribution in [0.2, 0.25) is 0 Å². The summed E-state index contributed by atoms with van der Waals surface area (Å²) >= 11 is 0. The van der Waals surface area contributed by atoms with Crippen LogP contribution in [0.15, 0.2) is 4.99 Å². The maximum absolute atomic E-state index is 12.3. The Kier molecular flexibility index (Phi) is 7.27. The molecule has 3 unspecified atom stereocenters. The number of aliphatic hydroxyl groups excluding tert-OH is 1. The van der Waals surface area contributed by atoms with E-state index in [1.807, 2.05) is 20.8 Å². The summed E-state index contributed by atoms with van der Waals surface area (Å²) in [5.74, 6) is 0.915. The Balaban J connectivity index is 0.00000261. The summed E-state index contributed by atoms with van der Waals surface area (Å²) in [6.45, 7) is 11.3. The Labute approximate surface area is 179 Å². The van der Waals surface area contributed by atoms with Crippen LogP contribution in [0, 0.1) is 5.41 Å². The molecular weight excluding hydrogens is 459 g/mol. The third-order valence-electron chi connectivity index (χ3n) is 5.79. The fourth-order valence-electron chi connectivity index (χ4n) is 4.09. The highest BCUT2D eigenvalue weighted by Gasteiger charge is 2.39.